The third-order valence-electron chi connectivity index (χ3n) is 4.68. The van der Waals surface area contributed by atoms with Gasteiger partial charge in [0, 0.05) is 11.6 Å². The topological polar surface area (TPSA) is 50.9 Å². The smallest absolute Gasteiger partial charge is 0.0702 e. The molecule has 3 nitrogen and oxygen atoms in total. The standard InChI is InChI=1S/C17H23N3/c1-12-6-8-13(9-7-12)17(20-18)15-10-14-4-2-3-5-16(14)19-11-15/h2-5,10-13,17,20H,6-9,18H2,1H3. The summed E-state index contributed by atoms with van der Waals surface area (Å²) in [6, 6.07) is 10.7. The van der Waals surface area contributed by atoms with E-state index in [4.69, 9.17) is 5.84 Å². The van der Waals surface area contributed by atoms with Crippen molar-refractivity contribution in [2.24, 2.45) is 17.7 Å². The zero-order chi connectivity index (χ0) is 13.9. The van der Waals surface area contributed by atoms with Gasteiger partial charge < -0.3 is 0 Å². The molecule has 3 rings (SSSR count). The molecule has 0 spiro atoms. The van der Waals surface area contributed by atoms with Crippen molar-refractivity contribution in [1.29, 1.82) is 0 Å². The minimum absolute atomic E-state index is 0.222. The summed E-state index contributed by atoms with van der Waals surface area (Å²) in [6.07, 6.45) is 7.10. The minimum atomic E-state index is 0.222. The van der Waals surface area contributed by atoms with Crippen LogP contribution >= 0.6 is 0 Å². The summed E-state index contributed by atoms with van der Waals surface area (Å²) in [5, 5.41) is 1.19. The highest BCUT2D eigenvalue weighted by atomic mass is 15.2. The van der Waals surface area contributed by atoms with Crippen LogP contribution in [0.5, 0.6) is 0 Å². The second-order valence-electron chi connectivity index (χ2n) is 6.13. The molecule has 20 heavy (non-hydrogen) atoms. The second-order valence-corrected chi connectivity index (χ2v) is 6.13. The number of hydrogen-bond acceptors (Lipinski definition) is 3. The molecule has 2 aromatic rings. The van der Waals surface area contributed by atoms with E-state index in [1.165, 1.54) is 36.6 Å². The molecule has 1 aromatic heterocycles. The monoisotopic (exact) mass is 269 g/mol. The first-order valence-electron chi connectivity index (χ1n) is 7.58. The Kier molecular flexibility index (Phi) is 3.99. The Morgan fingerprint density at radius 3 is 2.70 bits per heavy atom. The maximum Gasteiger partial charge on any atom is 0.0702 e. The van der Waals surface area contributed by atoms with Crippen molar-refractivity contribution in [1.82, 2.24) is 10.4 Å². The highest BCUT2D eigenvalue weighted by molar-refractivity contribution is 5.78. The number of nitrogens with zero attached hydrogens (tertiary/aromatic N) is 1. The van der Waals surface area contributed by atoms with Gasteiger partial charge in [0.05, 0.1) is 11.6 Å². The lowest BCUT2D eigenvalue weighted by molar-refractivity contribution is 0.232. The molecule has 3 N–H and O–H groups in total. The van der Waals surface area contributed by atoms with Crippen molar-refractivity contribution in [2.75, 3.05) is 0 Å². The summed E-state index contributed by atoms with van der Waals surface area (Å²) in [6.45, 7) is 2.35. The van der Waals surface area contributed by atoms with Gasteiger partial charge in [-0.15, -0.1) is 0 Å². The van der Waals surface area contributed by atoms with Crippen LogP contribution in [0.2, 0.25) is 0 Å². The number of nitrogens with one attached hydrogen (secondary N) is 1. The van der Waals surface area contributed by atoms with Crippen LogP contribution < -0.4 is 11.3 Å². The molecule has 1 aromatic carbocycles. The lowest BCUT2D eigenvalue weighted by Gasteiger charge is -2.32. The number of hydrogen-bond donors (Lipinski definition) is 2. The normalized spacial score (nSPS) is 24.7. The number of para-hydroxylation sites is 1. The van der Waals surface area contributed by atoms with E-state index >= 15 is 0 Å². The van der Waals surface area contributed by atoms with E-state index in [1.807, 2.05) is 18.3 Å². The number of pyridine rings is 1. The zero-order valence-corrected chi connectivity index (χ0v) is 12.0. The van der Waals surface area contributed by atoms with Gasteiger partial charge >= 0.3 is 0 Å². The number of benzene rings is 1. The maximum absolute atomic E-state index is 5.84. The Hall–Kier alpha value is -1.45. The third-order valence-corrected chi connectivity index (χ3v) is 4.68. The quantitative estimate of drug-likeness (QED) is 0.661. The Morgan fingerprint density at radius 2 is 1.95 bits per heavy atom. The third kappa shape index (κ3) is 2.69. The molecule has 0 aliphatic heterocycles. The molecule has 1 atom stereocenters. The average molecular weight is 269 g/mol. The van der Waals surface area contributed by atoms with E-state index in [2.05, 4.69) is 35.5 Å². The lowest BCUT2D eigenvalue weighted by atomic mass is 9.77. The molecule has 1 saturated carbocycles. The molecular weight excluding hydrogens is 246 g/mol. The molecule has 0 bridgehead atoms. The van der Waals surface area contributed by atoms with Gasteiger partial charge in [-0.3, -0.25) is 16.3 Å². The van der Waals surface area contributed by atoms with E-state index in [0.717, 1.165) is 11.4 Å². The molecule has 1 aliphatic carbocycles. The van der Waals surface area contributed by atoms with Crippen molar-refractivity contribution in [2.45, 2.75) is 38.6 Å². The summed E-state index contributed by atoms with van der Waals surface area (Å²) >= 11 is 0. The Labute approximate surface area is 120 Å². The summed E-state index contributed by atoms with van der Waals surface area (Å²) in [7, 11) is 0. The number of nitrogens with two attached hydrogens (primary N) is 1. The molecule has 0 radical (unpaired) electrons. The van der Waals surface area contributed by atoms with Gasteiger partial charge in [0.1, 0.15) is 0 Å². The van der Waals surface area contributed by atoms with Gasteiger partial charge in [0.2, 0.25) is 0 Å². The van der Waals surface area contributed by atoms with Crippen molar-refractivity contribution < 1.29 is 0 Å². The van der Waals surface area contributed by atoms with Gasteiger partial charge in [-0.25, -0.2) is 0 Å². The highest BCUT2D eigenvalue weighted by Crippen LogP contribution is 2.36. The van der Waals surface area contributed by atoms with Crippen LogP contribution in [0.1, 0.15) is 44.2 Å². The number of aromatic nitrogens is 1. The second kappa shape index (κ2) is 5.90. The van der Waals surface area contributed by atoms with Crippen LogP contribution in [0.3, 0.4) is 0 Å². The fraction of sp³-hybridized carbons (Fsp3) is 0.471. The van der Waals surface area contributed by atoms with E-state index in [0.29, 0.717) is 5.92 Å². The number of hydrazine groups is 1. The van der Waals surface area contributed by atoms with Crippen molar-refractivity contribution in [3.63, 3.8) is 0 Å². The van der Waals surface area contributed by atoms with E-state index in [9.17, 15) is 0 Å². The molecule has 1 aliphatic rings. The zero-order valence-electron chi connectivity index (χ0n) is 12.0. The first-order valence-corrected chi connectivity index (χ1v) is 7.58. The van der Waals surface area contributed by atoms with Crippen molar-refractivity contribution in [3.8, 4) is 0 Å². The van der Waals surface area contributed by atoms with Crippen LogP contribution in [0.25, 0.3) is 10.9 Å². The summed E-state index contributed by atoms with van der Waals surface area (Å²) < 4.78 is 0. The van der Waals surface area contributed by atoms with E-state index in [-0.39, 0.29) is 6.04 Å². The first-order chi connectivity index (χ1) is 9.78. The molecule has 1 unspecified atom stereocenters. The van der Waals surface area contributed by atoms with Crippen LogP contribution in [0, 0.1) is 11.8 Å². The summed E-state index contributed by atoms with van der Waals surface area (Å²) in [5.74, 6) is 7.32. The maximum atomic E-state index is 5.84. The van der Waals surface area contributed by atoms with Gasteiger partial charge in [-0.05, 0) is 42.4 Å². The predicted molar refractivity (Wildman–Crippen MR) is 82.9 cm³/mol. The number of fused-ring (bicyclic) bond motifs is 1. The Bertz CT molecular complexity index is 573. The molecule has 106 valence electrons. The largest absolute Gasteiger partial charge is 0.271 e. The molecule has 1 heterocycles. The Balaban J connectivity index is 1.87. The first kappa shape index (κ1) is 13.5. The van der Waals surface area contributed by atoms with Gasteiger partial charge in [0.15, 0.2) is 0 Å². The molecule has 0 amide bonds. The van der Waals surface area contributed by atoms with E-state index in [1.54, 1.807) is 0 Å². The predicted octanol–water partition coefficient (Wildman–Crippen LogP) is 3.57. The molecule has 1 fully saturated rings. The Morgan fingerprint density at radius 1 is 1.20 bits per heavy atom. The fourth-order valence-corrected chi connectivity index (χ4v) is 3.38. The van der Waals surface area contributed by atoms with E-state index < -0.39 is 0 Å². The lowest BCUT2D eigenvalue weighted by Crippen LogP contribution is -2.35. The van der Waals surface area contributed by atoms with Crippen LogP contribution in [-0.4, -0.2) is 4.98 Å². The summed E-state index contributed by atoms with van der Waals surface area (Å²) in [5.41, 5.74) is 5.29. The minimum Gasteiger partial charge on any atom is -0.271 e. The molecular formula is C17H23N3. The van der Waals surface area contributed by atoms with Crippen molar-refractivity contribution in [3.05, 3.63) is 42.1 Å². The fourth-order valence-electron chi connectivity index (χ4n) is 3.38. The number of rotatable bonds is 3. The van der Waals surface area contributed by atoms with Crippen molar-refractivity contribution >= 4 is 10.9 Å². The van der Waals surface area contributed by atoms with Crippen LogP contribution in [0.15, 0.2) is 36.5 Å². The van der Waals surface area contributed by atoms with Gasteiger partial charge in [-0.2, -0.15) is 0 Å². The molecule has 0 saturated heterocycles. The highest BCUT2D eigenvalue weighted by Gasteiger charge is 2.26. The SMILES string of the molecule is CC1CCC(C(NN)c2cnc3ccccc3c2)CC1. The van der Waals surface area contributed by atoms with Crippen LogP contribution in [0.4, 0.5) is 0 Å². The summed E-state index contributed by atoms with van der Waals surface area (Å²) in [4.78, 5) is 4.56. The van der Waals surface area contributed by atoms with Gasteiger partial charge in [-0.1, -0.05) is 38.0 Å². The van der Waals surface area contributed by atoms with Gasteiger partial charge in [0.25, 0.3) is 0 Å². The molecule has 3 heteroatoms. The average Bonchev–Trinajstić information content (AvgIpc) is 2.50. The van der Waals surface area contributed by atoms with Crippen LogP contribution in [-0.2, 0) is 0 Å².